The largest absolute Gasteiger partial charge is 0.395 e. The van der Waals surface area contributed by atoms with Crippen molar-refractivity contribution in [1.29, 1.82) is 0 Å². The van der Waals surface area contributed by atoms with Crippen molar-refractivity contribution >= 4 is 0 Å². The van der Waals surface area contributed by atoms with Gasteiger partial charge in [0.25, 0.3) is 0 Å². The van der Waals surface area contributed by atoms with E-state index in [1.807, 2.05) is 12.3 Å². The summed E-state index contributed by atoms with van der Waals surface area (Å²) in [6.07, 6.45) is 3.69. The number of aliphatic hydroxyl groups is 1. The Hall–Kier alpha value is -1.01. The van der Waals surface area contributed by atoms with Crippen molar-refractivity contribution in [3.05, 3.63) is 30.1 Å². The average Bonchev–Trinajstić information content (AvgIpc) is 2.43. The van der Waals surface area contributed by atoms with Crippen LogP contribution in [0.4, 0.5) is 0 Å². The van der Waals surface area contributed by atoms with Crippen molar-refractivity contribution in [1.82, 2.24) is 14.8 Å². The molecule has 1 aromatic rings. The van der Waals surface area contributed by atoms with Gasteiger partial charge in [-0.25, -0.2) is 0 Å². The SMILES string of the molecule is NCC(c1cccnc1)N1CCN(CCO)CC1. The van der Waals surface area contributed by atoms with E-state index in [2.05, 4.69) is 20.9 Å². The highest BCUT2D eigenvalue weighted by Gasteiger charge is 2.23. The van der Waals surface area contributed by atoms with Crippen LogP contribution in [0.25, 0.3) is 0 Å². The summed E-state index contributed by atoms with van der Waals surface area (Å²) in [5.74, 6) is 0. The van der Waals surface area contributed by atoms with Gasteiger partial charge in [-0.2, -0.15) is 0 Å². The number of β-amino-alcohol motifs (C(OH)–C–C–N with tert-alkyl or cyclic N) is 1. The van der Waals surface area contributed by atoms with Gasteiger partial charge in [0, 0.05) is 57.7 Å². The summed E-state index contributed by atoms with van der Waals surface area (Å²) < 4.78 is 0. The van der Waals surface area contributed by atoms with E-state index < -0.39 is 0 Å². The van der Waals surface area contributed by atoms with Crippen LogP contribution >= 0.6 is 0 Å². The molecule has 0 bridgehead atoms. The predicted molar refractivity (Wildman–Crippen MR) is 71.1 cm³/mol. The lowest BCUT2D eigenvalue weighted by molar-refractivity contribution is 0.0856. The lowest BCUT2D eigenvalue weighted by Gasteiger charge is -2.38. The first-order valence-electron chi connectivity index (χ1n) is 6.52. The maximum atomic E-state index is 8.93. The topological polar surface area (TPSA) is 65.6 Å². The Balaban J connectivity index is 1.95. The number of hydrogen-bond donors (Lipinski definition) is 2. The number of hydrogen-bond acceptors (Lipinski definition) is 5. The molecular formula is C13H22N4O. The Kier molecular flexibility index (Phi) is 5.07. The van der Waals surface area contributed by atoms with E-state index in [9.17, 15) is 0 Å². The Morgan fingerprint density at radius 2 is 2.11 bits per heavy atom. The normalized spacial score (nSPS) is 19.9. The number of piperazine rings is 1. The standard InChI is InChI=1S/C13H22N4O/c14-10-13(12-2-1-3-15-11-12)17-6-4-16(5-7-17)8-9-18/h1-3,11,13,18H,4-10,14H2. The summed E-state index contributed by atoms with van der Waals surface area (Å²) in [5.41, 5.74) is 7.10. The Bertz CT molecular complexity index is 338. The van der Waals surface area contributed by atoms with Crippen LogP contribution in [0, 0.1) is 0 Å². The smallest absolute Gasteiger partial charge is 0.0558 e. The first-order chi connectivity index (χ1) is 8.85. The molecule has 1 fully saturated rings. The number of pyridine rings is 1. The van der Waals surface area contributed by atoms with E-state index in [1.165, 1.54) is 5.56 Å². The van der Waals surface area contributed by atoms with Crippen molar-refractivity contribution in [2.45, 2.75) is 6.04 Å². The summed E-state index contributed by atoms with van der Waals surface area (Å²) in [7, 11) is 0. The molecule has 1 saturated heterocycles. The molecule has 3 N–H and O–H groups in total. The lowest BCUT2D eigenvalue weighted by Crippen LogP contribution is -2.49. The van der Waals surface area contributed by atoms with Crippen molar-refractivity contribution in [3.8, 4) is 0 Å². The van der Waals surface area contributed by atoms with Gasteiger partial charge in [-0.15, -0.1) is 0 Å². The molecule has 1 atom stereocenters. The molecule has 0 spiro atoms. The van der Waals surface area contributed by atoms with Gasteiger partial charge in [-0.05, 0) is 11.6 Å². The molecule has 1 aliphatic heterocycles. The summed E-state index contributed by atoms with van der Waals surface area (Å²) in [4.78, 5) is 8.86. The predicted octanol–water partition coefficient (Wildman–Crippen LogP) is -0.309. The monoisotopic (exact) mass is 250 g/mol. The zero-order chi connectivity index (χ0) is 12.8. The Morgan fingerprint density at radius 1 is 1.33 bits per heavy atom. The van der Waals surface area contributed by atoms with Gasteiger partial charge in [-0.3, -0.25) is 14.8 Å². The molecule has 5 nitrogen and oxygen atoms in total. The number of rotatable bonds is 5. The van der Waals surface area contributed by atoms with E-state index >= 15 is 0 Å². The highest BCUT2D eigenvalue weighted by atomic mass is 16.3. The summed E-state index contributed by atoms with van der Waals surface area (Å²) in [6.45, 7) is 5.62. The molecule has 0 radical (unpaired) electrons. The van der Waals surface area contributed by atoms with E-state index in [-0.39, 0.29) is 12.6 Å². The molecule has 0 amide bonds. The zero-order valence-electron chi connectivity index (χ0n) is 10.7. The fourth-order valence-corrected chi connectivity index (χ4v) is 2.51. The van der Waals surface area contributed by atoms with Crippen LogP contribution in [-0.4, -0.2) is 65.8 Å². The third-order valence-corrected chi connectivity index (χ3v) is 3.56. The van der Waals surface area contributed by atoms with Crippen LogP contribution in [0.2, 0.25) is 0 Å². The van der Waals surface area contributed by atoms with E-state index in [4.69, 9.17) is 10.8 Å². The van der Waals surface area contributed by atoms with Gasteiger partial charge >= 0.3 is 0 Å². The fraction of sp³-hybridized carbons (Fsp3) is 0.615. The number of aliphatic hydroxyl groups excluding tert-OH is 1. The van der Waals surface area contributed by atoms with Crippen molar-refractivity contribution in [2.24, 2.45) is 5.73 Å². The fourth-order valence-electron chi connectivity index (χ4n) is 2.51. The van der Waals surface area contributed by atoms with Gasteiger partial charge in [0.2, 0.25) is 0 Å². The third kappa shape index (κ3) is 3.26. The zero-order valence-corrected chi connectivity index (χ0v) is 10.7. The minimum Gasteiger partial charge on any atom is -0.395 e. The van der Waals surface area contributed by atoms with Crippen LogP contribution in [0.15, 0.2) is 24.5 Å². The summed E-state index contributed by atoms with van der Waals surface area (Å²) >= 11 is 0. The van der Waals surface area contributed by atoms with Crippen molar-refractivity contribution in [3.63, 3.8) is 0 Å². The highest BCUT2D eigenvalue weighted by Crippen LogP contribution is 2.20. The molecule has 5 heteroatoms. The molecule has 2 heterocycles. The molecule has 1 aromatic heterocycles. The van der Waals surface area contributed by atoms with Gasteiger partial charge in [0.15, 0.2) is 0 Å². The highest BCUT2D eigenvalue weighted by molar-refractivity contribution is 5.14. The van der Waals surface area contributed by atoms with Gasteiger partial charge in [0.1, 0.15) is 0 Å². The van der Waals surface area contributed by atoms with Crippen LogP contribution in [0.5, 0.6) is 0 Å². The quantitative estimate of drug-likeness (QED) is 0.750. The summed E-state index contributed by atoms with van der Waals surface area (Å²) in [6, 6.07) is 4.31. The van der Waals surface area contributed by atoms with E-state index in [1.54, 1.807) is 6.20 Å². The lowest BCUT2D eigenvalue weighted by atomic mass is 10.1. The Morgan fingerprint density at radius 3 is 2.67 bits per heavy atom. The first kappa shape index (κ1) is 13.4. The molecule has 0 aliphatic carbocycles. The van der Waals surface area contributed by atoms with Crippen molar-refractivity contribution in [2.75, 3.05) is 45.9 Å². The maximum absolute atomic E-state index is 8.93. The van der Waals surface area contributed by atoms with E-state index in [0.29, 0.717) is 6.54 Å². The van der Waals surface area contributed by atoms with Gasteiger partial charge in [0.05, 0.1) is 6.61 Å². The maximum Gasteiger partial charge on any atom is 0.0558 e. The molecule has 0 aromatic carbocycles. The number of aromatic nitrogens is 1. The molecule has 18 heavy (non-hydrogen) atoms. The molecule has 0 saturated carbocycles. The minimum absolute atomic E-state index is 0.239. The minimum atomic E-state index is 0.239. The number of nitrogens with zero attached hydrogens (tertiary/aromatic N) is 3. The first-order valence-corrected chi connectivity index (χ1v) is 6.52. The van der Waals surface area contributed by atoms with Crippen LogP contribution in [0.3, 0.4) is 0 Å². The van der Waals surface area contributed by atoms with E-state index in [0.717, 1.165) is 32.7 Å². The summed E-state index contributed by atoms with van der Waals surface area (Å²) in [5, 5.41) is 8.93. The van der Waals surface area contributed by atoms with Crippen LogP contribution in [0.1, 0.15) is 11.6 Å². The second-order valence-corrected chi connectivity index (χ2v) is 4.64. The molecule has 100 valence electrons. The second kappa shape index (κ2) is 6.80. The number of nitrogens with two attached hydrogens (primary N) is 1. The molecular weight excluding hydrogens is 228 g/mol. The van der Waals surface area contributed by atoms with Gasteiger partial charge in [-0.1, -0.05) is 6.07 Å². The third-order valence-electron chi connectivity index (χ3n) is 3.56. The molecule has 2 rings (SSSR count). The van der Waals surface area contributed by atoms with Crippen LogP contribution in [-0.2, 0) is 0 Å². The Labute approximate surface area is 108 Å². The second-order valence-electron chi connectivity index (χ2n) is 4.64. The van der Waals surface area contributed by atoms with Gasteiger partial charge < -0.3 is 10.8 Å². The molecule has 1 aliphatic rings. The molecule has 1 unspecified atom stereocenters. The van der Waals surface area contributed by atoms with Crippen molar-refractivity contribution < 1.29 is 5.11 Å². The van der Waals surface area contributed by atoms with Crippen LogP contribution < -0.4 is 5.73 Å². The average molecular weight is 250 g/mol.